The molecule has 0 amide bonds. The van der Waals surface area contributed by atoms with Crippen molar-refractivity contribution < 1.29 is 0 Å². The van der Waals surface area contributed by atoms with Crippen LogP contribution in [-0.4, -0.2) is 29.6 Å². The lowest BCUT2D eigenvalue weighted by molar-refractivity contribution is 0.338. The molecule has 1 saturated heterocycles. The molecule has 0 atom stereocenters. The molecule has 1 aromatic carbocycles. The highest BCUT2D eigenvalue weighted by atomic mass is 15.2. The molecular formula is C16H20N4. The Hall–Kier alpha value is -1.94. The molecule has 0 aliphatic carbocycles. The SMILES string of the molecule is NCC1(c2ccccc2)CCN(c2ncccn2)CC1. The molecule has 3 rings (SSSR count). The Labute approximate surface area is 119 Å². The summed E-state index contributed by atoms with van der Waals surface area (Å²) in [5.41, 5.74) is 7.57. The maximum absolute atomic E-state index is 6.10. The lowest BCUT2D eigenvalue weighted by Gasteiger charge is -2.41. The minimum absolute atomic E-state index is 0.104. The van der Waals surface area contributed by atoms with Crippen LogP contribution in [0.25, 0.3) is 0 Å². The van der Waals surface area contributed by atoms with Crippen molar-refractivity contribution in [3.63, 3.8) is 0 Å². The van der Waals surface area contributed by atoms with Crippen LogP contribution < -0.4 is 10.6 Å². The molecule has 0 radical (unpaired) electrons. The average Bonchev–Trinajstić information content (AvgIpc) is 2.56. The summed E-state index contributed by atoms with van der Waals surface area (Å²) in [4.78, 5) is 10.9. The maximum atomic E-state index is 6.10. The first kappa shape index (κ1) is 13.1. The summed E-state index contributed by atoms with van der Waals surface area (Å²) in [7, 11) is 0. The van der Waals surface area contributed by atoms with Crippen LogP contribution in [0.3, 0.4) is 0 Å². The fourth-order valence-electron chi connectivity index (χ4n) is 2.99. The first-order valence-corrected chi connectivity index (χ1v) is 7.12. The monoisotopic (exact) mass is 268 g/mol. The molecule has 0 spiro atoms. The van der Waals surface area contributed by atoms with Crippen LogP contribution in [0.5, 0.6) is 0 Å². The number of piperidine rings is 1. The normalized spacial score (nSPS) is 17.9. The van der Waals surface area contributed by atoms with Crippen molar-refractivity contribution in [3.05, 3.63) is 54.4 Å². The summed E-state index contributed by atoms with van der Waals surface area (Å²) in [6, 6.07) is 12.5. The van der Waals surface area contributed by atoms with Gasteiger partial charge in [-0.15, -0.1) is 0 Å². The van der Waals surface area contributed by atoms with Gasteiger partial charge in [0.05, 0.1) is 0 Å². The number of benzene rings is 1. The van der Waals surface area contributed by atoms with Gasteiger partial charge in [-0.3, -0.25) is 0 Å². The molecule has 4 nitrogen and oxygen atoms in total. The predicted molar refractivity (Wildman–Crippen MR) is 80.7 cm³/mol. The van der Waals surface area contributed by atoms with Crippen LogP contribution in [0, 0.1) is 0 Å². The largest absolute Gasteiger partial charge is 0.341 e. The molecule has 0 saturated carbocycles. The van der Waals surface area contributed by atoms with E-state index >= 15 is 0 Å². The number of hydrogen-bond acceptors (Lipinski definition) is 4. The molecule has 2 N–H and O–H groups in total. The van der Waals surface area contributed by atoms with Crippen molar-refractivity contribution in [3.8, 4) is 0 Å². The Bertz CT molecular complexity index is 533. The number of nitrogens with two attached hydrogens (primary N) is 1. The lowest BCUT2D eigenvalue weighted by Crippen LogP contribution is -2.47. The molecule has 1 fully saturated rings. The molecule has 2 heterocycles. The van der Waals surface area contributed by atoms with Gasteiger partial charge in [-0.1, -0.05) is 30.3 Å². The van der Waals surface area contributed by atoms with Crippen LogP contribution in [0.1, 0.15) is 18.4 Å². The molecule has 1 aliphatic heterocycles. The van der Waals surface area contributed by atoms with Crippen molar-refractivity contribution in [2.45, 2.75) is 18.3 Å². The van der Waals surface area contributed by atoms with E-state index in [0.717, 1.165) is 31.9 Å². The maximum Gasteiger partial charge on any atom is 0.225 e. The topological polar surface area (TPSA) is 55.0 Å². The Morgan fingerprint density at radius 1 is 1.00 bits per heavy atom. The van der Waals surface area contributed by atoms with Gasteiger partial charge in [0.2, 0.25) is 5.95 Å². The Kier molecular flexibility index (Phi) is 3.65. The Balaban J connectivity index is 1.77. The highest BCUT2D eigenvalue weighted by molar-refractivity contribution is 5.34. The van der Waals surface area contributed by atoms with Gasteiger partial charge in [-0.25, -0.2) is 9.97 Å². The molecule has 0 unspecified atom stereocenters. The second kappa shape index (κ2) is 5.59. The highest BCUT2D eigenvalue weighted by Crippen LogP contribution is 2.35. The van der Waals surface area contributed by atoms with E-state index < -0.39 is 0 Å². The molecule has 4 heteroatoms. The van der Waals surface area contributed by atoms with E-state index in [1.165, 1.54) is 5.56 Å². The molecular weight excluding hydrogens is 248 g/mol. The van der Waals surface area contributed by atoms with Crippen molar-refractivity contribution >= 4 is 5.95 Å². The number of hydrogen-bond donors (Lipinski definition) is 1. The van der Waals surface area contributed by atoms with Crippen molar-refractivity contribution in [2.24, 2.45) is 5.73 Å². The van der Waals surface area contributed by atoms with E-state index in [1.807, 2.05) is 6.07 Å². The predicted octanol–water partition coefficient (Wildman–Crippen LogP) is 1.97. The van der Waals surface area contributed by atoms with Gasteiger partial charge in [0.15, 0.2) is 0 Å². The minimum Gasteiger partial charge on any atom is -0.341 e. The van der Waals surface area contributed by atoms with Crippen LogP contribution in [0.4, 0.5) is 5.95 Å². The number of anilines is 1. The summed E-state index contributed by atoms with van der Waals surface area (Å²) >= 11 is 0. The van der Waals surface area contributed by atoms with Gasteiger partial charge in [0.25, 0.3) is 0 Å². The van der Waals surface area contributed by atoms with E-state index in [4.69, 9.17) is 5.73 Å². The smallest absolute Gasteiger partial charge is 0.225 e. The van der Waals surface area contributed by atoms with E-state index in [0.29, 0.717) is 6.54 Å². The van der Waals surface area contributed by atoms with Crippen molar-refractivity contribution in [1.29, 1.82) is 0 Å². The Morgan fingerprint density at radius 3 is 2.25 bits per heavy atom. The quantitative estimate of drug-likeness (QED) is 0.924. The van der Waals surface area contributed by atoms with Crippen LogP contribution in [0.15, 0.2) is 48.8 Å². The van der Waals surface area contributed by atoms with Crippen molar-refractivity contribution in [2.75, 3.05) is 24.5 Å². The first-order chi connectivity index (χ1) is 9.84. The lowest BCUT2D eigenvalue weighted by atomic mass is 9.73. The molecule has 104 valence electrons. The molecule has 1 aromatic heterocycles. The third-order valence-electron chi connectivity index (χ3n) is 4.33. The number of aromatic nitrogens is 2. The second-order valence-corrected chi connectivity index (χ2v) is 5.39. The average molecular weight is 268 g/mol. The molecule has 0 bridgehead atoms. The Morgan fingerprint density at radius 2 is 1.65 bits per heavy atom. The van der Waals surface area contributed by atoms with Gasteiger partial charge in [-0.05, 0) is 24.5 Å². The third-order valence-corrected chi connectivity index (χ3v) is 4.33. The van der Waals surface area contributed by atoms with E-state index in [9.17, 15) is 0 Å². The zero-order valence-corrected chi connectivity index (χ0v) is 11.6. The fraction of sp³-hybridized carbons (Fsp3) is 0.375. The van der Waals surface area contributed by atoms with E-state index in [2.05, 4.69) is 45.2 Å². The van der Waals surface area contributed by atoms with Gasteiger partial charge in [-0.2, -0.15) is 0 Å². The number of rotatable bonds is 3. The van der Waals surface area contributed by atoms with Crippen LogP contribution >= 0.6 is 0 Å². The van der Waals surface area contributed by atoms with E-state index in [-0.39, 0.29) is 5.41 Å². The summed E-state index contributed by atoms with van der Waals surface area (Å²) in [5.74, 6) is 0.825. The van der Waals surface area contributed by atoms with Crippen LogP contribution in [-0.2, 0) is 5.41 Å². The number of nitrogens with zero attached hydrogens (tertiary/aromatic N) is 3. The van der Waals surface area contributed by atoms with Gasteiger partial charge < -0.3 is 10.6 Å². The summed E-state index contributed by atoms with van der Waals surface area (Å²) < 4.78 is 0. The zero-order chi connectivity index (χ0) is 13.8. The third kappa shape index (κ3) is 2.39. The van der Waals surface area contributed by atoms with Crippen molar-refractivity contribution in [1.82, 2.24) is 9.97 Å². The zero-order valence-electron chi connectivity index (χ0n) is 11.6. The van der Waals surface area contributed by atoms with Crippen LogP contribution in [0.2, 0.25) is 0 Å². The first-order valence-electron chi connectivity index (χ1n) is 7.12. The van der Waals surface area contributed by atoms with Gasteiger partial charge >= 0.3 is 0 Å². The standard InChI is InChI=1S/C16H20N4/c17-13-16(14-5-2-1-3-6-14)7-11-20(12-8-16)15-18-9-4-10-19-15/h1-6,9-10H,7-8,11-13,17H2. The van der Waals surface area contributed by atoms with E-state index in [1.54, 1.807) is 12.4 Å². The summed E-state index contributed by atoms with van der Waals surface area (Å²) in [6.45, 7) is 2.60. The molecule has 20 heavy (non-hydrogen) atoms. The van der Waals surface area contributed by atoms with Gasteiger partial charge in [0, 0.05) is 37.4 Å². The summed E-state index contributed by atoms with van der Waals surface area (Å²) in [5, 5.41) is 0. The van der Waals surface area contributed by atoms with Gasteiger partial charge in [0.1, 0.15) is 0 Å². The molecule has 1 aliphatic rings. The fourth-order valence-corrected chi connectivity index (χ4v) is 2.99. The summed E-state index contributed by atoms with van der Waals surface area (Å²) in [6.07, 6.45) is 5.69. The minimum atomic E-state index is 0.104. The molecule has 2 aromatic rings. The second-order valence-electron chi connectivity index (χ2n) is 5.39. The highest BCUT2D eigenvalue weighted by Gasteiger charge is 2.35.